The topological polar surface area (TPSA) is 76.7 Å². The summed E-state index contributed by atoms with van der Waals surface area (Å²) in [6.07, 6.45) is 1.44. The van der Waals surface area contributed by atoms with Crippen LogP contribution in [0.3, 0.4) is 0 Å². The summed E-state index contributed by atoms with van der Waals surface area (Å²) in [5.41, 5.74) is 4.49. The third kappa shape index (κ3) is 4.49. The van der Waals surface area contributed by atoms with Crippen molar-refractivity contribution < 1.29 is 13.9 Å². The van der Waals surface area contributed by atoms with E-state index in [2.05, 4.69) is 15.5 Å². The van der Waals surface area contributed by atoms with E-state index < -0.39 is 0 Å². The Morgan fingerprint density at radius 3 is 2.77 bits per heavy atom. The van der Waals surface area contributed by atoms with Gasteiger partial charge in [0, 0.05) is 0 Å². The third-order valence-electron chi connectivity index (χ3n) is 3.23. The fourth-order valence-electron chi connectivity index (χ4n) is 2.10. The van der Waals surface area contributed by atoms with Gasteiger partial charge in [-0.2, -0.15) is 5.10 Å². The van der Waals surface area contributed by atoms with Crippen LogP contribution in [-0.4, -0.2) is 30.0 Å². The number of ether oxygens (including phenoxy) is 1. The van der Waals surface area contributed by atoms with Crippen LogP contribution in [0.25, 0.3) is 11.1 Å². The second kappa shape index (κ2) is 8.44. The molecular weight excluding hydrogens is 397 g/mol. The molecule has 0 bridgehead atoms. The van der Waals surface area contributed by atoms with Crippen molar-refractivity contribution in [2.45, 2.75) is 5.22 Å². The Labute approximate surface area is 163 Å². The van der Waals surface area contributed by atoms with Crippen molar-refractivity contribution in [3.05, 3.63) is 52.0 Å². The standard InChI is InChI=1S/C17H13Cl2N3O3S/c1-24-16-11(18)6-10(7-12(16)19)8-20-22-15(23)9-26-17-21-13-4-2-3-5-14(13)25-17/h2-8H,9H2,1H3,(H,22,23)/b20-8-. The Bertz CT molecular complexity index is 919. The Kier molecular flexibility index (Phi) is 6.03. The number of hydrogen-bond donors (Lipinski definition) is 1. The third-order valence-corrected chi connectivity index (χ3v) is 4.62. The van der Waals surface area contributed by atoms with Crippen LogP contribution in [0.5, 0.6) is 5.75 Å². The van der Waals surface area contributed by atoms with Crippen molar-refractivity contribution in [2.75, 3.05) is 12.9 Å². The molecular formula is C17H13Cl2N3O3S. The maximum absolute atomic E-state index is 11.9. The van der Waals surface area contributed by atoms with Crippen molar-refractivity contribution in [1.29, 1.82) is 0 Å². The number of para-hydroxylation sites is 2. The summed E-state index contributed by atoms with van der Waals surface area (Å²) in [6.45, 7) is 0. The molecule has 0 radical (unpaired) electrons. The van der Waals surface area contributed by atoms with Gasteiger partial charge in [-0.15, -0.1) is 0 Å². The molecule has 134 valence electrons. The molecule has 0 atom stereocenters. The average molecular weight is 410 g/mol. The first-order valence-electron chi connectivity index (χ1n) is 7.40. The molecule has 0 saturated heterocycles. The molecule has 0 fully saturated rings. The number of nitrogens with one attached hydrogen (secondary N) is 1. The number of benzene rings is 2. The predicted octanol–water partition coefficient (Wildman–Crippen LogP) is 4.39. The lowest BCUT2D eigenvalue weighted by Gasteiger charge is -2.06. The van der Waals surface area contributed by atoms with Gasteiger partial charge in [0.2, 0.25) is 0 Å². The van der Waals surface area contributed by atoms with Crippen molar-refractivity contribution in [3.8, 4) is 5.75 Å². The highest BCUT2D eigenvalue weighted by atomic mass is 35.5. The number of fused-ring (bicyclic) bond motifs is 1. The first-order valence-corrected chi connectivity index (χ1v) is 9.14. The largest absolute Gasteiger partial charge is 0.494 e. The van der Waals surface area contributed by atoms with Gasteiger partial charge >= 0.3 is 0 Å². The number of thioether (sulfide) groups is 1. The zero-order valence-electron chi connectivity index (χ0n) is 13.5. The molecule has 3 aromatic rings. The molecule has 0 unspecified atom stereocenters. The number of methoxy groups -OCH3 is 1. The van der Waals surface area contributed by atoms with Crippen molar-refractivity contribution in [1.82, 2.24) is 10.4 Å². The minimum Gasteiger partial charge on any atom is -0.494 e. The number of aromatic nitrogens is 1. The fraction of sp³-hybridized carbons (Fsp3) is 0.118. The minimum atomic E-state index is -0.292. The Hall–Kier alpha value is -2.22. The number of amides is 1. The molecule has 1 N–H and O–H groups in total. The van der Waals surface area contributed by atoms with Crippen LogP contribution in [0.15, 0.2) is 51.1 Å². The number of nitrogens with zero attached hydrogens (tertiary/aromatic N) is 2. The molecule has 1 aromatic heterocycles. The summed E-state index contributed by atoms with van der Waals surface area (Å²) in [6, 6.07) is 10.7. The van der Waals surface area contributed by atoms with Gasteiger partial charge in [0.1, 0.15) is 5.52 Å². The summed E-state index contributed by atoms with van der Waals surface area (Å²) in [5.74, 6) is 0.220. The number of carbonyl (C=O) groups is 1. The van der Waals surface area contributed by atoms with Gasteiger partial charge in [0.05, 0.1) is 29.1 Å². The van der Waals surface area contributed by atoms with Crippen molar-refractivity contribution in [2.24, 2.45) is 5.10 Å². The Morgan fingerprint density at radius 2 is 2.08 bits per heavy atom. The number of hydrazone groups is 1. The number of carbonyl (C=O) groups excluding carboxylic acids is 1. The van der Waals surface area contributed by atoms with Crippen LogP contribution in [0, 0.1) is 0 Å². The Balaban J connectivity index is 1.54. The van der Waals surface area contributed by atoms with Crippen LogP contribution in [0.1, 0.15) is 5.56 Å². The fourth-order valence-corrected chi connectivity index (χ4v) is 3.39. The molecule has 1 amide bonds. The van der Waals surface area contributed by atoms with Gasteiger partial charge in [-0.1, -0.05) is 47.1 Å². The zero-order chi connectivity index (χ0) is 18.5. The first-order chi connectivity index (χ1) is 12.6. The molecule has 2 aromatic carbocycles. The first kappa shape index (κ1) is 18.6. The molecule has 26 heavy (non-hydrogen) atoms. The van der Waals surface area contributed by atoms with E-state index in [1.54, 1.807) is 12.1 Å². The molecule has 0 saturated carbocycles. The quantitative estimate of drug-likeness (QED) is 0.371. The summed E-state index contributed by atoms with van der Waals surface area (Å²) in [5, 5.41) is 5.04. The number of hydrogen-bond acceptors (Lipinski definition) is 6. The maximum Gasteiger partial charge on any atom is 0.257 e. The number of oxazole rings is 1. The molecule has 3 rings (SSSR count). The lowest BCUT2D eigenvalue weighted by molar-refractivity contribution is -0.118. The van der Waals surface area contributed by atoms with Crippen LogP contribution in [0.4, 0.5) is 0 Å². The van der Waals surface area contributed by atoms with E-state index >= 15 is 0 Å². The van der Waals surface area contributed by atoms with Gasteiger partial charge in [0.25, 0.3) is 11.1 Å². The smallest absolute Gasteiger partial charge is 0.257 e. The van der Waals surface area contributed by atoms with Crippen LogP contribution < -0.4 is 10.2 Å². The molecule has 1 heterocycles. The maximum atomic E-state index is 11.9. The number of rotatable bonds is 6. The molecule has 6 nitrogen and oxygen atoms in total. The zero-order valence-corrected chi connectivity index (χ0v) is 15.9. The van der Waals surface area contributed by atoms with E-state index in [0.29, 0.717) is 32.2 Å². The highest BCUT2D eigenvalue weighted by Gasteiger charge is 2.09. The van der Waals surface area contributed by atoms with Crippen molar-refractivity contribution in [3.63, 3.8) is 0 Å². The highest BCUT2D eigenvalue weighted by molar-refractivity contribution is 7.99. The van der Waals surface area contributed by atoms with E-state index in [9.17, 15) is 4.79 Å². The van der Waals surface area contributed by atoms with E-state index in [1.165, 1.54) is 25.1 Å². The predicted molar refractivity (Wildman–Crippen MR) is 103 cm³/mol. The van der Waals surface area contributed by atoms with Crippen LogP contribution in [-0.2, 0) is 4.79 Å². The van der Waals surface area contributed by atoms with E-state index in [-0.39, 0.29) is 11.7 Å². The van der Waals surface area contributed by atoms with Gasteiger partial charge in [-0.05, 0) is 29.8 Å². The highest BCUT2D eigenvalue weighted by Crippen LogP contribution is 2.33. The van der Waals surface area contributed by atoms with E-state index in [0.717, 1.165) is 5.52 Å². The summed E-state index contributed by atoms with van der Waals surface area (Å²) < 4.78 is 10.6. The number of halogens is 2. The average Bonchev–Trinajstić information content (AvgIpc) is 3.03. The minimum absolute atomic E-state index is 0.119. The molecule has 0 aliphatic heterocycles. The van der Waals surface area contributed by atoms with Crippen LogP contribution >= 0.6 is 35.0 Å². The second-order valence-electron chi connectivity index (χ2n) is 5.05. The molecule has 9 heteroatoms. The van der Waals surface area contributed by atoms with E-state index in [4.69, 9.17) is 32.4 Å². The Morgan fingerprint density at radius 1 is 1.35 bits per heavy atom. The summed E-state index contributed by atoms with van der Waals surface area (Å²) in [7, 11) is 1.48. The van der Waals surface area contributed by atoms with Crippen molar-refractivity contribution >= 4 is 58.2 Å². The van der Waals surface area contributed by atoms with Gasteiger partial charge in [-0.25, -0.2) is 10.4 Å². The monoisotopic (exact) mass is 409 g/mol. The lowest BCUT2D eigenvalue weighted by atomic mass is 10.2. The van der Waals surface area contributed by atoms with Gasteiger partial charge < -0.3 is 9.15 Å². The summed E-state index contributed by atoms with van der Waals surface area (Å²) in [4.78, 5) is 16.2. The molecule has 0 aliphatic carbocycles. The summed E-state index contributed by atoms with van der Waals surface area (Å²) >= 11 is 13.3. The normalized spacial score (nSPS) is 11.2. The lowest BCUT2D eigenvalue weighted by Crippen LogP contribution is -2.19. The second-order valence-corrected chi connectivity index (χ2v) is 6.79. The van der Waals surface area contributed by atoms with Gasteiger partial charge in [0.15, 0.2) is 11.3 Å². The van der Waals surface area contributed by atoms with E-state index in [1.807, 2.05) is 24.3 Å². The van der Waals surface area contributed by atoms with Gasteiger partial charge in [-0.3, -0.25) is 4.79 Å². The SMILES string of the molecule is COc1c(Cl)cc(/C=N\NC(=O)CSc2nc3ccccc3o2)cc1Cl. The molecule has 0 spiro atoms. The molecule has 0 aliphatic rings. The van der Waals surface area contributed by atoms with Crippen LogP contribution in [0.2, 0.25) is 10.0 Å².